The Morgan fingerprint density at radius 1 is 1.08 bits per heavy atom. The number of nitrogens with one attached hydrogen (secondary N) is 1. The van der Waals surface area contributed by atoms with Gasteiger partial charge in [-0.15, -0.1) is 0 Å². The first-order valence-corrected chi connectivity index (χ1v) is 8.38. The van der Waals surface area contributed by atoms with Crippen LogP contribution in [0.3, 0.4) is 0 Å². The summed E-state index contributed by atoms with van der Waals surface area (Å²) >= 11 is 0. The highest BCUT2D eigenvalue weighted by Crippen LogP contribution is 2.37. The largest absolute Gasteiger partial charge is 0.322 e. The molecule has 2 heterocycles. The minimum Gasteiger partial charge on any atom is -0.322 e. The van der Waals surface area contributed by atoms with Gasteiger partial charge in [-0.05, 0) is 73.2 Å². The van der Waals surface area contributed by atoms with Gasteiger partial charge in [-0.2, -0.15) is 0 Å². The van der Waals surface area contributed by atoms with Crippen LogP contribution in [0.25, 0.3) is 0 Å². The SMILES string of the molecule is Cc1ccc(NC(=O)c2cc3c4c(c2)CC(=O)N4CCC3)cc1C. The van der Waals surface area contributed by atoms with E-state index in [9.17, 15) is 9.59 Å². The zero-order valence-corrected chi connectivity index (χ0v) is 14.0. The number of hydrogen-bond acceptors (Lipinski definition) is 2. The van der Waals surface area contributed by atoms with Gasteiger partial charge in [0.1, 0.15) is 0 Å². The Morgan fingerprint density at radius 2 is 1.88 bits per heavy atom. The molecule has 24 heavy (non-hydrogen) atoms. The van der Waals surface area contributed by atoms with Crippen LogP contribution in [-0.2, 0) is 17.6 Å². The third kappa shape index (κ3) is 2.39. The second-order valence-corrected chi connectivity index (χ2v) is 6.72. The minimum atomic E-state index is -0.117. The monoisotopic (exact) mass is 320 g/mol. The van der Waals surface area contributed by atoms with Crippen LogP contribution in [-0.4, -0.2) is 18.4 Å². The molecule has 0 unspecified atom stereocenters. The van der Waals surface area contributed by atoms with Crippen LogP contribution in [0.5, 0.6) is 0 Å². The number of rotatable bonds is 2. The van der Waals surface area contributed by atoms with E-state index in [0.717, 1.165) is 47.5 Å². The maximum absolute atomic E-state index is 12.6. The molecule has 2 aromatic rings. The van der Waals surface area contributed by atoms with E-state index >= 15 is 0 Å². The Labute approximate surface area is 141 Å². The van der Waals surface area contributed by atoms with Gasteiger partial charge >= 0.3 is 0 Å². The predicted molar refractivity (Wildman–Crippen MR) is 94.7 cm³/mol. The normalized spacial score (nSPS) is 15.4. The molecule has 4 nitrogen and oxygen atoms in total. The Kier molecular flexibility index (Phi) is 3.41. The van der Waals surface area contributed by atoms with Crippen molar-refractivity contribution in [2.45, 2.75) is 33.1 Å². The molecule has 0 spiro atoms. The van der Waals surface area contributed by atoms with Gasteiger partial charge in [0.05, 0.1) is 12.1 Å². The first kappa shape index (κ1) is 14.9. The van der Waals surface area contributed by atoms with Crippen molar-refractivity contribution in [3.05, 3.63) is 58.1 Å². The molecule has 1 N–H and O–H groups in total. The fraction of sp³-hybridized carbons (Fsp3) is 0.300. The van der Waals surface area contributed by atoms with Gasteiger partial charge in [0.25, 0.3) is 5.91 Å². The maximum atomic E-state index is 12.6. The Balaban J connectivity index is 1.65. The third-order valence-electron chi connectivity index (χ3n) is 5.04. The molecule has 0 aromatic heterocycles. The van der Waals surface area contributed by atoms with Gasteiger partial charge in [-0.1, -0.05) is 6.07 Å². The number of amides is 2. The van der Waals surface area contributed by atoms with Crippen molar-refractivity contribution < 1.29 is 9.59 Å². The lowest BCUT2D eigenvalue weighted by molar-refractivity contribution is -0.117. The van der Waals surface area contributed by atoms with Gasteiger partial charge in [-0.3, -0.25) is 9.59 Å². The fourth-order valence-corrected chi connectivity index (χ4v) is 3.63. The second kappa shape index (κ2) is 5.48. The van der Waals surface area contributed by atoms with Crippen molar-refractivity contribution in [3.8, 4) is 0 Å². The van der Waals surface area contributed by atoms with Crippen molar-refractivity contribution in [3.63, 3.8) is 0 Å². The molecule has 4 heteroatoms. The highest BCUT2D eigenvalue weighted by molar-refractivity contribution is 6.08. The predicted octanol–water partition coefficient (Wildman–Crippen LogP) is 3.39. The number of carbonyl (C=O) groups is 2. The molecule has 0 atom stereocenters. The molecule has 4 rings (SSSR count). The summed E-state index contributed by atoms with van der Waals surface area (Å²) in [6, 6.07) is 9.73. The van der Waals surface area contributed by atoms with E-state index in [1.54, 1.807) is 0 Å². The van der Waals surface area contributed by atoms with Crippen LogP contribution in [0.4, 0.5) is 11.4 Å². The van der Waals surface area contributed by atoms with Crippen molar-refractivity contribution in [2.24, 2.45) is 0 Å². The number of aryl methyl sites for hydroxylation is 3. The summed E-state index contributed by atoms with van der Waals surface area (Å²) < 4.78 is 0. The number of carbonyl (C=O) groups excluding carboxylic acids is 2. The Bertz CT molecular complexity index is 870. The fourth-order valence-electron chi connectivity index (χ4n) is 3.63. The standard InChI is InChI=1S/C20H20N2O2/c1-12-5-6-17(8-13(12)2)21-20(24)16-9-14-4-3-7-22-18(23)11-15(10-16)19(14)22/h5-6,8-10H,3-4,7,11H2,1-2H3,(H,21,24). The average Bonchev–Trinajstić information content (AvgIpc) is 2.89. The quantitative estimate of drug-likeness (QED) is 0.922. The number of benzene rings is 2. The molecule has 122 valence electrons. The molecule has 0 aliphatic carbocycles. The van der Waals surface area contributed by atoms with Crippen LogP contribution >= 0.6 is 0 Å². The first-order valence-electron chi connectivity index (χ1n) is 8.38. The molecular formula is C20H20N2O2. The van der Waals surface area contributed by atoms with Crippen LogP contribution in [0.15, 0.2) is 30.3 Å². The summed E-state index contributed by atoms with van der Waals surface area (Å²) in [5.74, 6) is 0.0337. The van der Waals surface area contributed by atoms with E-state index in [4.69, 9.17) is 0 Å². The zero-order chi connectivity index (χ0) is 16.8. The summed E-state index contributed by atoms with van der Waals surface area (Å²) in [5, 5.41) is 2.97. The molecule has 0 radical (unpaired) electrons. The molecular weight excluding hydrogens is 300 g/mol. The lowest BCUT2D eigenvalue weighted by Gasteiger charge is -2.25. The van der Waals surface area contributed by atoms with Crippen LogP contribution < -0.4 is 10.2 Å². The van der Waals surface area contributed by atoms with Crippen molar-refractivity contribution in [1.82, 2.24) is 0 Å². The van der Waals surface area contributed by atoms with E-state index < -0.39 is 0 Å². The highest BCUT2D eigenvalue weighted by atomic mass is 16.2. The van der Waals surface area contributed by atoms with E-state index in [1.165, 1.54) is 5.56 Å². The molecule has 2 aliphatic heterocycles. The summed E-state index contributed by atoms with van der Waals surface area (Å²) in [6.07, 6.45) is 2.30. The highest BCUT2D eigenvalue weighted by Gasteiger charge is 2.32. The van der Waals surface area contributed by atoms with E-state index in [0.29, 0.717) is 12.0 Å². The van der Waals surface area contributed by atoms with Gasteiger partial charge < -0.3 is 10.2 Å². The second-order valence-electron chi connectivity index (χ2n) is 6.72. The number of hydrogen-bond donors (Lipinski definition) is 1. The zero-order valence-electron chi connectivity index (χ0n) is 14.0. The molecule has 2 aromatic carbocycles. The van der Waals surface area contributed by atoms with Gasteiger partial charge in [0, 0.05) is 17.8 Å². The van der Waals surface area contributed by atoms with E-state index in [2.05, 4.69) is 12.2 Å². The Morgan fingerprint density at radius 3 is 2.67 bits per heavy atom. The van der Waals surface area contributed by atoms with Crippen molar-refractivity contribution in [1.29, 1.82) is 0 Å². The summed E-state index contributed by atoms with van der Waals surface area (Å²) in [4.78, 5) is 26.6. The van der Waals surface area contributed by atoms with E-state index in [1.807, 2.05) is 42.2 Å². The summed E-state index contributed by atoms with van der Waals surface area (Å²) in [5.41, 5.74) is 6.95. The summed E-state index contributed by atoms with van der Waals surface area (Å²) in [6.45, 7) is 4.88. The molecule has 2 aliphatic rings. The number of anilines is 2. The number of nitrogens with zero attached hydrogens (tertiary/aromatic N) is 1. The lowest BCUT2D eigenvalue weighted by atomic mass is 9.96. The Hall–Kier alpha value is -2.62. The molecule has 0 bridgehead atoms. The van der Waals surface area contributed by atoms with Crippen LogP contribution in [0.1, 0.15) is 39.0 Å². The van der Waals surface area contributed by atoms with Gasteiger partial charge in [-0.25, -0.2) is 0 Å². The smallest absolute Gasteiger partial charge is 0.255 e. The lowest BCUT2D eigenvalue weighted by Crippen LogP contribution is -2.31. The van der Waals surface area contributed by atoms with Gasteiger partial charge in [0.15, 0.2) is 0 Å². The van der Waals surface area contributed by atoms with Crippen molar-refractivity contribution in [2.75, 3.05) is 16.8 Å². The first-order chi connectivity index (χ1) is 11.5. The molecule has 2 amide bonds. The topological polar surface area (TPSA) is 49.4 Å². The van der Waals surface area contributed by atoms with E-state index in [-0.39, 0.29) is 11.8 Å². The van der Waals surface area contributed by atoms with Crippen LogP contribution in [0, 0.1) is 13.8 Å². The summed E-state index contributed by atoms with van der Waals surface area (Å²) in [7, 11) is 0. The maximum Gasteiger partial charge on any atom is 0.255 e. The van der Waals surface area contributed by atoms with Gasteiger partial charge in [0.2, 0.25) is 5.91 Å². The third-order valence-corrected chi connectivity index (χ3v) is 5.04. The average molecular weight is 320 g/mol. The van der Waals surface area contributed by atoms with Crippen LogP contribution in [0.2, 0.25) is 0 Å². The molecule has 0 saturated heterocycles. The molecule has 0 fully saturated rings. The molecule has 0 saturated carbocycles. The minimum absolute atomic E-state index is 0.117. The van der Waals surface area contributed by atoms with Crippen molar-refractivity contribution >= 4 is 23.2 Å².